The fraction of sp³-hybridized carbons (Fsp3) is 0.360. The number of hydrogen-bond donors (Lipinski definition) is 2. The van der Waals surface area contributed by atoms with Crippen molar-refractivity contribution in [3.63, 3.8) is 0 Å². The van der Waals surface area contributed by atoms with Crippen molar-refractivity contribution in [2.45, 2.75) is 43.7 Å². The van der Waals surface area contributed by atoms with Crippen LogP contribution < -0.4 is 5.73 Å². The number of nitrogens with two attached hydrogens (primary N) is 1. The minimum atomic E-state index is -1.01. The summed E-state index contributed by atoms with van der Waals surface area (Å²) in [4.78, 5) is 26.6. The van der Waals surface area contributed by atoms with Gasteiger partial charge in [0.15, 0.2) is 5.82 Å². The first-order valence-electron chi connectivity index (χ1n) is 11.5. The van der Waals surface area contributed by atoms with Crippen LogP contribution in [-0.2, 0) is 12.0 Å². The van der Waals surface area contributed by atoms with E-state index in [9.17, 15) is 14.7 Å². The summed E-state index contributed by atoms with van der Waals surface area (Å²) in [5.41, 5.74) is 8.08. The molecule has 0 saturated heterocycles. The van der Waals surface area contributed by atoms with Gasteiger partial charge in [-0.25, -0.2) is 4.79 Å². The minimum absolute atomic E-state index is 0. The lowest BCUT2D eigenvalue weighted by Gasteiger charge is -2.44. The second-order valence-electron chi connectivity index (χ2n) is 9.11. The molecule has 0 bridgehead atoms. The molecule has 2 aliphatic rings. The van der Waals surface area contributed by atoms with Crippen molar-refractivity contribution in [2.24, 2.45) is 5.73 Å². The van der Waals surface area contributed by atoms with Crippen LogP contribution in [0.3, 0.4) is 0 Å². The Morgan fingerprint density at radius 1 is 1.06 bits per heavy atom. The molecule has 192 valence electrons. The molecule has 0 radical (unpaired) electrons. The van der Waals surface area contributed by atoms with Gasteiger partial charge in [-0.2, -0.15) is 0 Å². The molecule has 3 N–H and O–H groups in total. The maximum Gasteiger partial charge on any atom is 0.335 e. The van der Waals surface area contributed by atoms with E-state index in [1.165, 1.54) is 11.6 Å². The molecule has 8 nitrogen and oxygen atoms in total. The summed E-state index contributed by atoms with van der Waals surface area (Å²) in [6.45, 7) is 1.67. The lowest BCUT2D eigenvalue weighted by molar-refractivity contribution is 0.0523. The summed E-state index contributed by atoms with van der Waals surface area (Å²) in [5.74, 6) is -0.330. The highest BCUT2D eigenvalue weighted by molar-refractivity contribution is 6.30. The molecule has 1 saturated carbocycles. The predicted octanol–water partition coefficient (Wildman–Crippen LogP) is 4.44. The van der Waals surface area contributed by atoms with E-state index < -0.39 is 5.97 Å². The van der Waals surface area contributed by atoms with Crippen molar-refractivity contribution in [1.82, 2.24) is 19.7 Å². The summed E-state index contributed by atoms with van der Waals surface area (Å²) >= 11 is 6.23. The molecule has 3 aromatic rings. The zero-order valence-corrected chi connectivity index (χ0v) is 21.9. The summed E-state index contributed by atoms with van der Waals surface area (Å²) in [5, 5.41) is 18.4. The lowest BCUT2D eigenvalue weighted by atomic mass is 9.68. The van der Waals surface area contributed by atoms with Crippen LogP contribution in [0.15, 0.2) is 48.5 Å². The Kier molecular flexibility index (Phi) is 8.67. The summed E-state index contributed by atoms with van der Waals surface area (Å²) in [7, 11) is 0. The largest absolute Gasteiger partial charge is 0.478 e. The highest BCUT2D eigenvalue weighted by Crippen LogP contribution is 2.41. The van der Waals surface area contributed by atoms with Crippen LogP contribution in [0, 0.1) is 0 Å². The van der Waals surface area contributed by atoms with E-state index in [0.717, 1.165) is 25.7 Å². The van der Waals surface area contributed by atoms with Gasteiger partial charge in [-0.3, -0.25) is 4.79 Å². The van der Waals surface area contributed by atoms with Gasteiger partial charge in [-0.15, -0.1) is 35.0 Å². The van der Waals surface area contributed by atoms with Crippen molar-refractivity contribution in [3.05, 3.63) is 70.5 Å². The molecule has 2 aromatic carbocycles. The van der Waals surface area contributed by atoms with E-state index in [-0.39, 0.29) is 47.7 Å². The Morgan fingerprint density at radius 2 is 1.75 bits per heavy atom. The minimum Gasteiger partial charge on any atom is -0.478 e. The molecule has 1 aliphatic carbocycles. The van der Waals surface area contributed by atoms with Gasteiger partial charge in [0.25, 0.3) is 5.91 Å². The van der Waals surface area contributed by atoms with E-state index in [2.05, 4.69) is 16.3 Å². The molecule has 1 aromatic heterocycles. The number of carboxylic acid groups (broad SMARTS) is 1. The number of halogens is 3. The van der Waals surface area contributed by atoms with Crippen LogP contribution in [0.1, 0.15) is 52.2 Å². The van der Waals surface area contributed by atoms with Crippen molar-refractivity contribution < 1.29 is 14.7 Å². The first kappa shape index (κ1) is 27.9. The smallest absolute Gasteiger partial charge is 0.335 e. The van der Waals surface area contributed by atoms with E-state index >= 15 is 0 Å². The molecule has 5 rings (SSSR count). The third-order valence-corrected chi connectivity index (χ3v) is 7.55. The number of benzene rings is 2. The highest BCUT2D eigenvalue weighted by Gasteiger charge is 2.40. The van der Waals surface area contributed by atoms with E-state index in [1.54, 1.807) is 22.8 Å². The third-order valence-electron chi connectivity index (χ3n) is 7.32. The third kappa shape index (κ3) is 4.95. The highest BCUT2D eigenvalue weighted by atomic mass is 35.5. The Bertz CT molecular complexity index is 1260. The van der Waals surface area contributed by atoms with Gasteiger partial charge in [0.1, 0.15) is 0 Å². The molecule has 1 amide bonds. The number of amides is 1. The predicted molar refractivity (Wildman–Crippen MR) is 142 cm³/mol. The Balaban J connectivity index is 0.00000180. The average molecular weight is 553 g/mol. The number of carbonyl (C=O) groups excluding carboxylic acids is 1. The molecule has 36 heavy (non-hydrogen) atoms. The fourth-order valence-electron chi connectivity index (χ4n) is 5.36. The molecule has 0 atom stereocenters. The van der Waals surface area contributed by atoms with Gasteiger partial charge in [-0.05, 0) is 55.5 Å². The van der Waals surface area contributed by atoms with Gasteiger partial charge in [0.05, 0.1) is 5.56 Å². The van der Waals surface area contributed by atoms with Crippen LogP contribution in [0.25, 0.3) is 11.4 Å². The SMILES string of the molecule is Cl.Cl.NC[C@]1(c2cccc(Cl)c2)CC[C@H](N2CCn3c(nnc3-c3cccc(C(=O)O)c3)C2=O)CC1. The van der Waals surface area contributed by atoms with E-state index in [0.29, 0.717) is 41.9 Å². The zero-order chi connectivity index (χ0) is 23.9. The number of aromatic nitrogens is 3. The average Bonchev–Trinajstić information content (AvgIpc) is 3.30. The quantitative estimate of drug-likeness (QED) is 0.484. The molecule has 1 aliphatic heterocycles. The van der Waals surface area contributed by atoms with Crippen LogP contribution in [-0.4, -0.2) is 55.8 Å². The molecule has 0 unspecified atom stereocenters. The van der Waals surface area contributed by atoms with Crippen LogP contribution in [0.4, 0.5) is 0 Å². The van der Waals surface area contributed by atoms with Crippen LogP contribution in [0.5, 0.6) is 0 Å². The second-order valence-corrected chi connectivity index (χ2v) is 9.55. The molecular formula is C25H28Cl3N5O3. The van der Waals surface area contributed by atoms with Crippen LogP contribution >= 0.6 is 36.4 Å². The van der Waals surface area contributed by atoms with Gasteiger partial charge >= 0.3 is 5.97 Å². The maximum atomic E-state index is 13.3. The monoisotopic (exact) mass is 551 g/mol. The number of nitrogens with zero attached hydrogens (tertiary/aromatic N) is 4. The zero-order valence-electron chi connectivity index (χ0n) is 19.5. The Hall–Kier alpha value is -2.65. The first-order valence-corrected chi connectivity index (χ1v) is 11.8. The van der Waals surface area contributed by atoms with Crippen molar-refractivity contribution in [1.29, 1.82) is 0 Å². The maximum absolute atomic E-state index is 13.3. The number of carbonyl (C=O) groups is 2. The van der Waals surface area contributed by atoms with Crippen molar-refractivity contribution in [3.8, 4) is 11.4 Å². The van der Waals surface area contributed by atoms with Gasteiger partial charge in [0.2, 0.25) is 5.82 Å². The first-order chi connectivity index (χ1) is 16.4. The molecule has 2 heterocycles. The normalized spacial score (nSPS) is 21.2. The molecule has 0 spiro atoms. The topological polar surface area (TPSA) is 114 Å². The Morgan fingerprint density at radius 3 is 2.42 bits per heavy atom. The van der Waals surface area contributed by atoms with Crippen molar-refractivity contribution in [2.75, 3.05) is 13.1 Å². The van der Waals surface area contributed by atoms with Gasteiger partial charge in [0, 0.05) is 41.7 Å². The summed E-state index contributed by atoms with van der Waals surface area (Å²) in [6, 6.07) is 14.6. The second kappa shape index (κ2) is 11.2. The number of rotatable bonds is 5. The van der Waals surface area contributed by atoms with E-state index in [4.69, 9.17) is 17.3 Å². The fourth-order valence-corrected chi connectivity index (χ4v) is 5.55. The number of aromatic carboxylic acids is 1. The number of hydrogen-bond acceptors (Lipinski definition) is 5. The van der Waals surface area contributed by atoms with E-state index in [1.807, 2.05) is 23.1 Å². The lowest BCUT2D eigenvalue weighted by Crippen LogP contribution is -2.50. The molecular weight excluding hydrogens is 525 g/mol. The number of carboxylic acids is 1. The van der Waals surface area contributed by atoms with Crippen molar-refractivity contribution >= 4 is 48.3 Å². The molecule has 1 fully saturated rings. The van der Waals surface area contributed by atoms with Crippen LogP contribution in [0.2, 0.25) is 5.02 Å². The van der Waals surface area contributed by atoms with Gasteiger partial charge < -0.3 is 20.3 Å². The summed E-state index contributed by atoms with van der Waals surface area (Å²) in [6.07, 6.45) is 3.49. The Labute approximate surface area is 226 Å². The standard InChI is InChI=1S/C25H26ClN5O3.2ClH/c26-19-6-2-5-18(14-19)25(15-27)9-7-20(8-10-25)30-11-12-31-21(28-29-22(31)23(30)32)16-3-1-4-17(13-16)24(33)34;;/h1-6,13-14,20H,7-12,15,27H2,(H,33,34);2*1H/t20-,25-;;. The molecule has 11 heteroatoms. The summed E-state index contributed by atoms with van der Waals surface area (Å²) < 4.78 is 1.79. The number of fused-ring (bicyclic) bond motifs is 1. The van der Waals surface area contributed by atoms with Gasteiger partial charge in [-0.1, -0.05) is 35.9 Å².